The van der Waals surface area contributed by atoms with Crippen LogP contribution in [-0.2, 0) is 8.54 Å². The zero-order valence-electron chi connectivity index (χ0n) is 6.39. The van der Waals surface area contributed by atoms with Crippen molar-refractivity contribution in [3.8, 4) is 0 Å². The molecule has 0 aromatic rings. The maximum absolute atomic E-state index is 10.1. The minimum atomic E-state index is -4.25. The molecule has 0 spiro atoms. The molecule has 0 aliphatic carbocycles. The molecule has 0 aromatic carbocycles. The first kappa shape index (κ1) is 11.5. The average molecular weight is 200 g/mol. The third-order valence-electron chi connectivity index (χ3n) is 0.981. The van der Waals surface area contributed by atoms with Crippen LogP contribution in [0, 0.1) is 0 Å². The van der Waals surface area contributed by atoms with Crippen LogP contribution in [0.4, 0.5) is 0 Å². The molecule has 0 saturated carbocycles. The Hall–Kier alpha value is 0.460. The lowest BCUT2D eigenvalue weighted by molar-refractivity contribution is 0.298. The fourth-order valence-electron chi connectivity index (χ4n) is 0.517. The molecule has 0 aliphatic rings. The van der Waals surface area contributed by atoms with Crippen LogP contribution in [0.15, 0.2) is 0 Å². The standard InChI is InChI=1S/C5H13O4PS/c1-2-3-4-5-11-9-10(6,7)8/h2-5H2,1H3,(H2,6,7,8). The lowest BCUT2D eigenvalue weighted by Gasteiger charge is -2.01. The number of hydrogen-bond donors (Lipinski definition) is 2. The molecule has 0 radical (unpaired) electrons. The van der Waals surface area contributed by atoms with E-state index in [0.717, 1.165) is 31.3 Å². The summed E-state index contributed by atoms with van der Waals surface area (Å²) in [7, 11) is -4.25. The second-order valence-corrected chi connectivity index (χ2v) is 4.32. The maximum Gasteiger partial charge on any atom is 0.480 e. The van der Waals surface area contributed by atoms with Gasteiger partial charge in [-0.05, 0) is 6.42 Å². The minimum absolute atomic E-state index is 0.638. The normalized spacial score (nSPS) is 11.9. The molecule has 0 amide bonds. The monoisotopic (exact) mass is 200 g/mol. The minimum Gasteiger partial charge on any atom is -0.302 e. The quantitative estimate of drug-likeness (QED) is 0.389. The summed E-state index contributed by atoms with van der Waals surface area (Å²) in [4.78, 5) is 16.5. The molecule has 2 N–H and O–H groups in total. The van der Waals surface area contributed by atoms with E-state index < -0.39 is 7.82 Å². The van der Waals surface area contributed by atoms with Gasteiger partial charge in [0.05, 0.1) is 0 Å². The van der Waals surface area contributed by atoms with Crippen molar-refractivity contribution in [2.45, 2.75) is 26.2 Å². The van der Waals surface area contributed by atoms with Gasteiger partial charge in [-0.3, -0.25) is 0 Å². The smallest absolute Gasteiger partial charge is 0.302 e. The maximum atomic E-state index is 10.1. The highest BCUT2D eigenvalue weighted by atomic mass is 32.2. The highest BCUT2D eigenvalue weighted by molar-refractivity contribution is 7.97. The van der Waals surface area contributed by atoms with Crippen molar-refractivity contribution in [1.82, 2.24) is 0 Å². The molecule has 0 aromatic heterocycles. The summed E-state index contributed by atoms with van der Waals surface area (Å²) in [5, 5.41) is 0. The van der Waals surface area contributed by atoms with Crippen molar-refractivity contribution in [3.05, 3.63) is 0 Å². The summed E-state index contributed by atoms with van der Waals surface area (Å²) >= 11 is 0.837. The zero-order valence-corrected chi connectivity index (χ0v) is 8.11. The lowest BCUT2D eigenvalue weighted by atomic mass is 10.3. The third kappa shape index (κ3) is 10.5. The molecule has 11 heavy (non-hydrogen) atoms. The number of hydrogen-bond acceptors (Lipinski definition) is 3. The van der Waals surface area contributed by atoms with Gasteiger partial charge in [-0.15, -0.1) is 0 Å². The van der Waals surface area contributed by atoms with E-state index in [0.29, 0.717) is 5.75 Å². The van der Waals surface area contributed by atoms with Gasteiger partial charge in [-0.25, -0.2) is 8.54 Å². The molecule has 0 heterocycles. The van der Waals surface area contributed by atoms with Crippen molar-refractivity contribution in [3.63, 3.8) is 0 Å². The highest BCUT2D eigenvalue weighted by Crippen LogP contribution is 2.40. The van der Waals surface area contributed by atoms with E-state index >= 15 is 0 Å². The average Bonchev–Trinajstić information content (AvgIpc) is 1.85. The Kier molecular flexibility index (Phi) is 6.28. The Labute approximate surface area is 70.8 Å². The fraction of sp³-hybridized carbons (Fsp3) is 1.00. The van der Waals surface area contributed by atoms with E-state index in [1.807, 2.05) is 0 Å². The van der Waals surface area contributed by atoms with Gasteiger partial charge < -0.3 is 9.79 Å². The van der Waals surface area contributed by atoms with Gasteiger partial charge in [0.1, 0.15) is 0 Å². The molecule has 4 nitrogen and oxygen atoms in total. The molecule has 0 fully saturated rings. The van der Waals surface area contributed by atoms with Gasteiger partial charge in [-0.2, -0.15) is 0 Å². The van der Waals surface area contributed by atoms with Gasteiger partial charge in [0.15, 0.2) is 0 Å². The first-order valence-electron chi connectivity index (χ1n) is 3.43. The van der Waals surface area contributed by atoms with E-state index in [4.69, 9.17) is 9.79 Å². The van der Waals surface area contributed by atoms with Gasteiger partial charge in [-0.1, -0.05) is 19.8 Å². The fourth-order valence-corrected chi connectivity index (χ4v) is 1.69. The molecular formula is C5H13O4PS. The van der Waals surface area contributed by atoms with E-state index in [9.17, 15) is 4.57 Å². The molecule has 0 unspecified atom stereocenters. The summed E-state index contributed by atoms with van der Waals surface area (Å²) < 4.78 is 14.3. The van der Waals surface area contributed by atoms with Gasteiger partial charge in [0, 0.05) is 17.8 Å². The van der Waals surface area contributed by atoms with Crippen LogP contribution in [0.1, 0.15) is 26.2 Å². The molecule has 6 heteroatoms. The van der Waals surface area contributed by atoms with E-state index in [1.54, 1.807) is 0 Å². The van der Waals surface area contributed by atoms with E-state index in [2.05, 4.69) is 10.9 Å². The SMILES string of the molecule is CCCCCSOP(=O)(O)O. The zero-order chi connectivity index (χ0) is 8.74. The third-order valence-corrected chi connectivity index (χ3v) is 2.63. The summed E-state index contributed by atoms with van der Waals surface area (Å²) in [5.74, 6) is 0.638. The Morgan fingerprint density at radius 1 is 1.45 bits per heavy atom. The lowest BCUT2D eigenvalue weighted by Crippen LogP contribution is -1.82. The van der Waals surface area contributed by atoms with Crippen molar-refractivity contribution in [1.29, 1.82) is 0 Å². The van der Waals surface area contributed by atoms with Crippen molar-refractivity contribution in [2.75, 3.05) is 5.75 Å². The summed E-state index contributed by atoms with van der Waals surface area (Å²) in [5.41, 5.74) is 0. The number of unbranched alkanes of at least 4 members (excludes halogenated alkanes) is 2. The van der Waals surface area contributed by atoms with E-state index in [-0.39, 0.29) is 0 Å². The summed E-state index contributed by atoms with van der Waals surface area (Å²) in [6.07, 6.45) is 3.09. The van der Waals surface area contributed by atoms with Crippen LogP contribution in [0.5, 0.6) is 0 Å². The van der Waals surface area contributed by atoms with Gasteiger partial charge in [0.2, 0.25) is 0 Å². The largest absolute Gasteiger partial charge is 0.480 e. The first-order valence-corrected chi connectivity index (χ1v) is 5.87. The van der Waals surface area contributed by atoms with Crippen LogP contribution in [0.2, 0.25) is 0 Å². The Morgan fingerprint density at radius 3 is 2.55 bits per heavy atom. The molecule has 0 rings (SSSR count). The molecule has 0 atom stereocenters. The van der Waals surface area contributed by atoms with Crippen LogP contribution in [-0.4, -0.2) is 15.5 Å². The van der Waals surface area contributed by atoms with Crippen LogP contribution >= 0.6 is 19.9 Å². The first-order chi connectivity index (χ1) is 5.06. The van der Waals surface area contributed by atoms with Crippen molar-refractivity contribution < 1.29 is 18.3 Å². The number of phosphoric acid groups is 1. The van der Waals surface area contributed by atoms with Gasteiger partial charge in [0.25, 0.3) is 0 Å². The second-order valence-electron chi connectivity index (χ2n) is 2.09. The molecular weight excluding hydrogens is 187 g/mol. The van der Waals surface area contributed by atoms with Crippen LogP contribution in [0.3, 0.4) is 0 Å². The molecule has 68 valence electrons. The summed E-state index contributed by atoms with van der Waals surface area (Å²) in [6, 6.07) is 0. The molecule has 0 aliphatic heterocycles. The Bertz CT molecular complexity index is 134. The second kappa shape index (κ2) is 6.03. The van der Waals surface area contributed by atoms with Crippen molar-refractivity contribution in [2.24, 2.45) is 0 Å². The van der Waals surface area contributed by atoms with Crippen LogP contribution < -0.4 is 0 Å². The van der Waals surface area contributed by atoms with Crippen molar-refractivity contribution >= 4 is 19.9 Å². The van der Waals surface area contributed by atoms with Crippen LogP contribution in [0.25, 0.3) is 0 Å². The summed E-state index contributed by atoms with van der Waals surface area (Å²) in [6.45, 7) is 2.06. The Morgan fingerprint density at radius 2 is 2.09 bits per heavy atom. The Balaban J connectivity index is 3.09. The molecule has 0 bridgehead atoms. The molecule has 0 saturated heterocycles. The highest BCUT2D eigenvalue weighted by Gasteiger charge is 2.13. The van der Waals surface area contributed by atoms with E-state index in [1.165, 1.54) is 0 Å². The predicted molar refractivity (Wildman–Crippen MR) is 45.1 cm³/mol. The topological polar surface area (TPSA) is 66.8 Å². The number of rotatable bonds is 6. The predicted octanol–water partition coefficient (Wildman–Crippen LogP) is 1.93. The van der Waals surface area contributed by atoms with Gasteiger partial charge >= 0.3 is 7.82 Å².